The van der Waals surface area contributed by atoms with Crippen LogP contribution in [-0.4, -0.2) is 26.3 Å². The fourth-order valence-corrected chi connectivity index (χ4v) is 2.14. The predicted molar refractivity (Wildman–Crippen MR) is 83.1 cm³/mol. The van der Waals surface area contributed by atoms with Crippen molar-refractivity contribution in [3.05, 3.63) is 22.8 Å². The maximum Gasteiger partial charge on any atom is 0.227 e. The average molecular weight is 289 g/mol. The Bertz CT molecular complexity index is 648. The van der Waals surface area contributed by atoms with Crippen molar-refractivity contribution in [3.8, 4) is 11.6 Å². The zero-order valence-electron chi connectivity index (χ0n) is 13.6. The van der Waals surface area contributed by atoms with E-state index in [1.165, 1.54) is 0 Å². The van der Waals surface area contributed by atoms with Crippen molar-refractivity contribution in [2.45, 2.75) is 41.0 Å². The van der Waals surface area contributed by atoms with Gasteiger partial charge in [-0.2, -0.15) is 10.1 Å². The average Bonchev–Trinajstić information content (AvgIpc) is 2.69. The molecule has 0 fully saturated rings. The fraction of sp³-hybridized carbons (Fsp3) is 0.533. The summed E-state index contributed by atoms with van der Waals surface area (Å²) in [6, 6.07) is 0. The minimum absolute atomic E-state index is 0.594. The highest BCUT2D eigenvalue weighted by Gasteiger charge is 2.16. The molecule has 21 heavy (non-hydrogen) atoms. The number of anilines is 1. The Hall–Kier alpha value is -2.11. The van der Waals surface area contributed by atoms with Gasteiger partial charge in [0.25, 0.3) is 0 Å². The van der Waals surface area contributed by atoms with Crippen LogP contribution in [0.1, 0.15) is 36.6 Å². The predicted octanol–water partition coefficient (Wildman–Crippen LogP) is 2.92. The summed E-state index contributed by atoms with van der Waals surface area (Å²) in [5.41, 5.74) is 2.75. The van der Waals surface area contributed by atoms with Gasteiger partial charge in [-0.1, -0.05) is 6.92 Å². The quantitative estimate of drug-likeness (QED) is 0.916. The smallest absolute Gasteiger partial charge is 0.227 e. The molecule has 1 N–H and O–H groups in total. The summed E-state index contributed by atoms with van der Waals surface area (Å²) in [5, 5.41) is 7.63. The maximum absolute atomic E-state index is 6.05. The third kappa shape index (κ3) is 2.99. The Kier molecular flexibility index (Phi) is 4.45. The molecule has 2 aromatic heterocycles. The van der Waals surface area contributed by atoms with Crippen LogP contribution in [0.15, 0.2) is 0 Å². The van der Waals surface area contributed by atoms with Crippen molar-refractivity contribution in [2.24, 2.45) is 7.05 Å². The molecular weight excluding hydrogens is 266 g/mol. The molecule has 2 rings (SSSR count). The van der Waals surface area contributed by atoms with E-state index in [2.05, 4.69) is 20.4 Å². The van der Waals surface area contributed by atoms with Gasteiger partial charge in [0.15, 0.2) is 5.75 Å². The molecule has 0 aliphatic rings. The van der Waals surface area contributed by atoms with E-state index in [1.807, 2.05) is 46.3 Å². The largest absolute Gasteiger partial charge is 0.435 e. The molecule has 0 saturated carbocycles. The van der Waals surface area contributed by atoms with Crippen LogP contribution in [0.3, 0.4) is 0 Å². The molecule has 2 heterocycles. The lowest BCUT2D eigenvalue weighted by molar-refractivity contribution is 0.447. The van der Waals surface area contributed by atoms with Crippen LogP contribution in [0.5, 0.6) is 11.6 Å². The molecule has 0 saturated heterocycles. The first-order chi connectivity index (χ1) is 9.97. The van der Waals surface area contributed by atoms with Gasteiger partial charge in [-0.3, -0.25) is 4.68 Å². The first-order valence-electron chi connectivity index (χ1n) is 7.27. The van der Waals surface area contributed by atoms with Crippen LogP contribution < -0.4 is 10.1 Å². The molecule has 0 radical (unpaired) electrons. The van der Waals surface area contributed by atoms with Crippen molar-refractivity contribution in [3.63, 3.8) is 0 Å². The van der Waals surface area contributed by atoms with E-state index >= 15 is 0 Å². The zero-order chi connectivity index (χ0) is 15.6. The van der Waals surface area contributed by atoms with Crippen LogP contribution in [0, 0.1) is 20.8 Å². The maximum atomic E-state index is 6.05. The topological polar surface area (TPSA) is 64.9 Å². The minimum Gasteiger partial charge on any atom is -0.435 e. The van der Waals surface area contributed by atoms with Gasteiger partial charge in [0.2, 0.25) is 5.88 Å². The van der Waals surface area contributed by atoms with Crippen LogP contribution in [0.25, 0.3) is 0 Å². The van der Waals surface area contributed by atoms with Crippen LogP contribution in [0.4, 0.5) is 5.82 Å². The Morgan fingerprint density at radius 2 is 1.86 bits per heavy atom. The number of hydrogen-bond donors (Lipinski definition) is 1. The second-order valence-corrected chi connectivity index (χ2v) is 5.03. The van der Waals surface area contributed by atoms with Gasteiger partial charge in [0.1, 0.15) is 17.3 Å². The van der Waals surface area contributed by atoms with Crippen molar-refractivity contribution >= 4 is 5.82 Å². The minimum atomic E-state index is 0.594. The standard InChI is InChI=1S/C15H23N5O/c1-7-12-17-14(16-8-2)9(3)15(18-12)21-13-10(4)19-20(6)11(13)5/h7-8H2,1-6H3,(H,16,17,18). The molecule has 2 aromatic rings. The Labute approximate surface area is 125 Å². The number of hydrogen-bond acceptors (Lipinski definition) is 5. The van der Waals surface area contributed by atoms with Crippen molar-refractivity contribution in [1.82, 2.24) is 19.7 Å². The second-order valence-electron chi connectivity index (χ2n) is 5.03. The monoisotopic (exact) mass is 289 g/mol. The van der Waals surface area contributed by atoms with Crippen molar-refractivity contribution in [2.75, 3.05) is 11.9 Å². The fourth-order valence-electron chi connectivity index (χ4n) is 2.14. The summed E-state index contributed by atoms with van der Waals surface area (Å²) in [6.07, 6.45) is 0.764. The molecule has 0 aliphatic heterocycles. The number of aryl methyl sites for hydroxylation is 3. The van der Waals surface area contributed by atoms with Gasteiger partial charge in [-0.15, -0.1) is 0 Å². The number of nitrogens with one attached hydrogen (secondary N) is 1. The molecule has 6 heteroatoms. The second kappa shape index (κ2) is 6.11. The van der Waals surface area contributed by atoms with Crippen molar-refractivity contribution in [1.29, 1.82) is 0 Å². The molecule has 0 unspecified atom stereocenters. The highest BCUT2D eigenvalue weighted by atomic mass is 16.5. The number of rotatable bonds is 5. The Morgan fingerprint density at radius 1 is 1.14 bits per heavy atom. The van der Waals surface area contributed by atoms with E-state index in [0.29, 0.717) is 5.88 Å². The number of nitrogens with zero attached hydrogens (tertiary/aromatic N) is 4. The molecule has 114 valence electrons. The Morgan fingerprint density at radius 3 is 2.38 bits per heavy atom. The van der Waals surface area contributed by atoms with E-state index in [-0.39, 0.29) is 0 Å². The lowest BCUT2D eigenvalue weighted by atomic mass is 10.3. The summed E-state index contributed by atoms with van der Waals surface area (Å²) >= 11 is 0. The molecular formula is C15H23N5O. The van der Waals surface area contributed by atoms with E-state index in [9.17, 15) is 0 Å². The normalized spacial score (nSPS) is 10.8. The summed E-state index contributed by atoms with van der Waals surface area (Å²) in [6.45, 7) is 10.8. The first kappa shape index (κ1) is 15.3. The van der Waals surface area contributed by atoms with Crippen molar-refractivity contribution < 1.29 is 4.74 Å². The first-order valence-corrected chi connectivity index (χ1v) is 7.27. The molecule has 0 bridgehead atoms. The van der Waals surface area contributed by atoms with E-state index in [0.717, 1.165) is 47.3 Å². The number of ether oxygens (including phenoxy) is 1. The van der Waals surface area contributed by atoms with Gasteiger partial charge in [-0.05, 0) is 27.7 Å². The Balaban J connectivity index is 2.45. The molecule has 0 aliphatic carbocycles. The molecule has 0 amide bonds. The van der Waals surface area contributed by atoms with Crippen LogP contribution >= 0.6 is 0 Å². The third-order valence-corrected chi connectivity index (χ3v) is 3.45. The lowest BCUT2D eigenvalue weighted by Gasteiger charge is -2.13. The van der Waals surface area contributed by atoms with Gasteiger partial charge < -0.3 is 10.1 Å². The van der Waals surface area contributed by atoms with Crippen LogP contribution in [0.2, 0.25) is 0 Å². The molecule has 6 nitrogen and oxygen atoms in total. The van der Waals surface area contributed by atoms with E-state index in [1.54, 1.807) is 0 Å². The molecule has 0 aromatic carbocycles. The third-order valence-electron chi connectivity index (χ3n) is 3.45. The van der Waals surface area contributed by atoms with Crippen LogP contribution in [-0.2, 0) is 13.5 Å². The van der Waals surface area contributed by atoms with Gasteiger partial charge in [0, 0.05) is 20.0 Å². The zero-order valence-corrected chi connectivity index (χ0v) is 13.6. The summed E-state index contributed by atoms with van der Waals surface area (Å²) in [5.74, 6) is 2.96. The molecule has 0 atom stereocenters. The number of aromatic nitrogens is 4. The van der Waals surface area contributed by atoms with E-state index < -0.39 is 0 Å². The van der Waals surface area contributed by atoms with Gasteiger partial charge in [-0.25, -0.2) is 4.98 Å². The van der Waals surface area contributed by atoms with E-state index in [4.69, 9.17) is 4.74 Å². The van der Waals surface area contributed by atoms with Gasteiger partial charge in [0.05, 0.1) is 11.3 Å². The highest BCUT2D eigenvalue weighted by molar-refractivity contribution is 5.50. The highest BCUT2D eigenvalue weighted by Crippen LogP contribution is 2.31. The molecule has 0 spiro atoms. The SMILES string of the molecule is CCNc1nc(CC)nc(Oc2c(C)nn(C)c2C)c1C. The van der Waals surface area contributed by atoms with Gasteiger partial charge >= 0.3 is 0 Å². The summed E-state index contributed by atoms with van der Waals surface area (Å²) in [7, 11) is 1.91. The summed E-state index contributed by atoms with van der Waals surface area (Å²) in [4.78, 5) is 9.02. The lowest BCUT2D eigenvalue weighted by Crippen LogP contribution is -2.07. The summed E-state index contributed by atoms with van der Waals surface area (Å²) < 4.78 is 7.86.